The predicted octanol–water partition coefficient (Wildman–Crippen LogP) is 4.62. The van der Waals surface area contributed by atoms with E-state index in [0.29, 0.717) is 23.2 Å². The molecule has 2 saturated heterocycles. The van der Waals surface area contributed by atoms with Crippen LogP contribution in [-0.2, 0) is 6.54 Å². The van der Waals surface area contributed by atoms with Crippen LogP contribution < -0.4 is 10.6 Å². The molecule has 27 heavy (non-hydrogen) atoms. The van der Waals surface area contributed by atoms with Crippen LogP contribution in [0.5, 0.6) is 0 Å². The van der Waals surface area contributed by atoms with E-state index in [1.807, 2.05) is 24.3 Å². The Bertz CT molecular complexity index is 793. The molecule has 2 N–H and O–H groups in total. The first kappa shape index (κ1) is 18.4. The van der Waals surface area contributed by atoms with Gasteiger partial charge in [0.1, 0.15) is 5.82 Å². The number of piperidine rings is 1. The molecule has 2 aromatic carbocycles. The molecule has 0 spiro atoms. The molecule has 2 aliphatic rings. The Morgan fingerprint density at radius 3 is 2.48 bits per heavy atom. The number of nitrogens with zero attached hydrogens (tertiary/aromatic N) is 1. The van der Waals surface area contributed by atoms with Crippen LogP contribution in [0.3, 0.4) is 0 Å². The van der Waals surface area contributed by atoms with Gasteiger partial charge in [-0.3, -0.25) is 4.90 Å². The zero-order valence-electron chi connectivity index (χ0n) is 15.6. The molecule has 0 amide bonds. The Kier molecular flexibility index (Phi) is 5.41. The minimum absolute atomic E-state index is 0.167. The minimum atomic E-state index is -0.167. The van der Waals surface area contributed by atoms with Crippen molar-refractivity contribution in [3.8, 4) is 0 Å². The zero-order chi connectivity index (χ0) is 18.8. The zero-order valence-corrected chi connectivity index (χ0v) is 16.4. The highest BCUT2D eigenvalue weighted by atomic mass is 32.1. The van der Waals surface area contributed by atoms with Crippen molar-refractivity contribution in [2.75, 3.05) is 5.32 Å². The van der Waals surface area contributed by atoms with Gasteiger partial charge in [-0.2, -0.15) is 0 Å². The fourth-order valence-corrected chi connectivity index (χ4v) is 4.81. The van der Waals surface area contributed by atoms with Gasteiger partial charge in [-0.1, -0.05) is 24.3 Å². The van der Waals surface area contributed by atoms with Crippen LogP contribution >= 0.6 is 12.2 Å². The van der Waals surface area contributed by atoms with Crippen molar-refractivity contribution in [3.63, 3.8) is 0 Å². The number of thiocarbonyl (C=S) groups is 1. The Morgan fingerprint density at radius 1 is 1.11 bits per heavy atom. The number of benzene rings is 2. The molecule has 142 valence electrons. The van der Waals surface area contributed by atoms with E-state index in [0.717, 1.165) is 25.1 Å². The number of aryl methyl sites for hydroxylation is 1. The third-order valence-corrected chi connectivity index (χ3v) is 5.99. The smallest absolute Gasteiger partial charge is 0.170 e. The molecule has 5 heteroatoms. The monoisotopic (exact) mass is 383 g/mol. The lowest BCUT2D eigenvalue weighted by Crippen LogP contribution is -2.50. The molecule has 2 fully saturated rings. The molecular weight excluding hydrogens is 357 g/mol. The average molecular weight is 384 g/mol. The number of hydrogen-bond donors (Lipinski definition) is 2. The van der Waals surface area contributed by atoms with Crippen molar-refractivity contribution >= 4 is 23.0 Å². The van der Waals surface area contributed by atoms with Crippen LogP contribution in [0.25, 0.3) is 0 Å². The summed E-state index contributed by atoms with van der Waals surface area (Å²) in [5, 5.41) is 7.54. The van der Waals surface area contributed by atoms with Gasteiger partial charge in [0.05, 0.1) is 0 Å². The van der Waals surface area contributed by atoms with E-state index in [-0.39, 0.29) is 5.82 Å². The summed E-state index contributed by atoms with van der Waals surface area (Å²) in [5.41, 5.74) is 3.44. The maximum atomic E-state index is 13.1. The summed E-state index contributed by atoms with van der Waals surface area (Å²) in [5.74, 6) is -0.167. The van der Waals surface area contributed by atoms with Gasteiger partial charge in [0.15, 0.2) is 5.11 Å². The largest absolute Gasteiger partial charge is 0.360 e. The Morgan fingerprint density at radius 2 is 1.81 bits per heavy atom. The lowest BCUT2D eigenvalue weighted by molar-refractivity contribution is 0.115. The summed E-state index contributed by atoms with van der Waals surface area (Å²) >= 11 is 5.53. The van der Waals surface area contributed by atoms with Gasteiger partial charge >= 0.3 is 0 Å². The van der Waals surface area contributed by atoms with E-state index >= 15 is 0 Å². The second kappa shape index (κ2) is 7.95. The fourth-order valence-electron chi connectivity index (χ4n) is 4.53. The van der Waals surface area contributed by atoms with Crippen molar-refractivity contribution in [2.24, 2.45) is 0 Å². The second-order valence-corrected chi connectivity index (χ2v) is 8.23. The van der Waals surface area contributed by atoms with Crippen LogP contribution in [0.15, 0.2) is 48.5 Å². The average Bonchev–Trinajstić information content (AvgIpc) is 2.86. The molecule has 0 aromatic heterocycles. The summed E-state index contributed by atoms with van der Waals surface area (Å²) in [6, 6.07) is 16.7. The predicted molar refractivity (Wildman–Crippen MR) is 112 cm³/mol. The van der Waals surface area contributed by atoms with Crippen LogP contribution in [-0.4, -0.2) is 28.1 Å². The number of hydrogen-bond acceptors (Lipinski definition) is 2. The fraction of sp³-hybridized carbons (Fsp3) is 0.409. The molecule has 2 atom stereocenters. The molecule has 2 heterocycles. The van der Waals surface area contributed by atoms with Crippen LogP contribution in [0, 0.1) is 12.7 Å². The van der Waals surface area contributed by atoms with Gasteiger partial charge in [-0.15, -0.1) is 0 Å². The maximum Gasteiger partial charge on any atom is 0.170 e. The van der Waals surface area contributed by atoms with Crippen molar-refractivity contribution in [1.29, 1.82) is 0 Å². The van der Waals surface area contributed by atoms with Gasteiger partial charge in [0.25, 0.3) is 0 Å². The quantitative estimate of drug-likeness (QED) is 0.754. The van der Waals surface area contributed by atoms with Gasteiger partial charge < -0.3 is 10.6 Å². The molecular formula is C22H26FN3S. The Hall–Kier alpha value is -1.98. The first-order valence-electron chi connectivity index (χ1n) is 9.71. The standard InChI is InChI=1S/C22H26FN3S/c1-15-3-2-4-18(11-15)24-22(27)25-19-12-20-9-10-21(13-19)26(20)14-16-5-7-17(23)8-6-16/h2-8,11,19-21H,9-10,12-14H2,1H3,(H2,24,25,27). The van der Waals surface area contributed by atoms with Crippen molar-refractivity contribution in [2.45, 2.75) is 57.3 Å². The lowest BCUT2D eigenvalue weighted by Gasteiger charge is -2.39. The molecule has 2 unspecified atom stereocenters. The van der Waals surface area contributed by atoms with Gasteiger partial charge in [0.2, 0.25) is 0 Å². The highest BCUT2D eigenvalue weighted by molar-refractivity contribution is 7.80. The van der Waals surface area contributed by atoms with E-state index in [1.54, 1.807) is 12.1 Å². The van der Waals surface area contributed by atoms with Crippen molar-refractivity contribution < 1.29 is 4.39 Å². The van der Waals surface area contributed by atoms with E-state index in [2.05, 4.69) is 34.6 Å². The Balaban J connectivity index is 1.33. The third-order valence-electron chi connectivity index (χ3n) is 5.77. The molecule has 2 aromatic rings. The van der Waals surface area contributed by atoms with Crippen molar-refractivity contribution in [1.82, 2.24) is 10.2 Å². The second-order valence-electron chi connectivity index (χ2n) is 7.82. The maximum absolute atomic E-state index is 13.1. The summed E-state index contributed by atoms with van der Waals surface area (Å²) in [4.78, 5) is 2.60. The van der Waals surface area contributed by atoms with E-state index < -0.39 is 0 Å². The summed E-state index contributed by atoms with van der Waals surface area (Å²) in [6.07, 6.45) is 4.69. The number of fused-ring (bicyclic) bond motifs is 2. The molecule has 0 radical (unpaired) electrons. The Labute approximate surface area is 166 Å². The summed E-state index contributed by atoms with van der Waals surface area (Å²) in [7, 11) is 0. The van der Waals surface area contributed by atoms with E-state index in [1.165, 1.54) is 24.0 Å². The van der Waals surface area contributed by atoms with Crippen LogP contribution in [0.1, 0.15) is 36.8 Å². The molecule has 0 aliphatic carbocycles. The summed E-state index contributed by atoms with van der Waals surface area (Å²) < 4.78 is 13.1. The van der Waals surface area contributed by atoms with Gasteiger partial charge in [-0.25, -0.2) is 4.39 Å². The molecule has 2 bridgehead atoms. The van der Waals surface area contributed by atoms with E-state index in [9.17, 15) is 4.39 Å². The highest BCUT2D eigenvalue weighted by Gasteiger charge is 2.40. The number of nitrogens with one attached hydrogen (secondary N) is 2. The molecule has 3 nitrogen and oxygen atoms in total. The van der Waals surface area contributed by atoms with E-state index in [4.69, 9.17) is 12.2 Å². The van der Waals surface area contributed by atoms with Crippen LogP contribution in [0.4, 0.5) is 10.1 Å². The first-order valence-corrected chi connectivity index (χ1v) is 10.1. The third kappa shape index (κ3) is 4.47. The van der Waals surface area contributed by atoms with Crippen LogP contribution in [0.2, 0.25) is 0 Å². The number of rotatable bonds is 4. The van der Waals surface area contributed by atoms with Gasteiger partial charge in [-0.05, 0) is 80.2 Å². The van der Waals surface area contributed by atoms with Crippen molar-refractivity contribution in [3.05, 3.63) is 65.5 Å². The minimum Gasteiger partial charge on any atom is -0.360 e. The van der Waals surface area contributed by atoms with Gasteiger partial charge in [0, 0.05) is 30.4 Å². The normalized spacial score (nSPS) is 24.6. The SMILES string of the molecule is Cc1cccc(NC(=S)NC2CC3CCC(C2)N3Cc2ccc(F)cc2)c1. The number of halogens is 1. The molecule has 2 aliphatic heterocycles. The summed E-state index contributed by atoms with van der Waals surface area (Å²) in [6.45, 7) is 2.99. The molecule has 0 saturated carbocycles. The topological polar surface area (TPSA) is 27.3 Å². The number of anilines is 1. The first-order chi connectivity index (χ1) is 13.1. The lowest BCUT2D eigenvalue weighted by atomic mass is 9.96. The molecule has 4 rings (SSSR count). The highest BCUT2D eigenvalue weighted by Crippen LogP contribution is 2.36.